The smallest absolute Gasteiger partial charge is 0.274 e. The molecule has 2 aromatic heterocycles. The summed E-state index contributed by atoms with van der Waals surface area (Å²) >= 11 is 0. The molecule has 0 aliphatic carbocycles. The number of halogens is 1. The minimum Gasteiger partial charge on any atom is -0.397 e. The third-order valence-corrected chi connectivity index (χ3v) is 3.60. The van der Waals surface area contributed by atoms with E-state index in [4.69, 9.17) is 10.8 Å². The Hall–Kier alpha value is -3.32. The van der Waals surface area contributed by atoms with Gasteiger partial charge < -0.3 is 16.2 Å². The summed E-state index contributed by atoms with van der Waals surface area (Å²) in [4.78, 5) is 19.9. The minimum absolute atomic E-state index is 0.143. The van der Waals surface area contributed by atoms with Gasteiger partial charge in [-0.3, -0.25) is 9.78 Å². The van der Waals surface area contributed by atoms with Crippen LogP contribution in [0.5, 0.6) is 0 Å². The summed E-state index contributed by atoms with van der Waals surface area (Å²) in [6, 6.07) is 11.1. The van der Waals surface area contributed by atoms with E-state index in [0.717, 1.165) is 5.56 Å². The van der Waals surface area contributed by atoms with Gasteiger partial charge in [0.1, 0.15) is 5.69 Å². The van der Waals surface area contributed by atoms with Crippen LogP contribution >= 0.6 is 0 Å². The van der Waals surface area contributed by atoms with Crippen molar-refractivity contribution in [2.75, 3.05) is 11.1 Å². The van der Waals surface area contributed by atoms with Crippen LogP contribution in [0.4, 0.5) is 15.8 Å². The van der Waals surface area contributed by atoms with Crippen LogP contribution in [0.3, 0.4) is 0 Å². The Labute approximate surface area is 143 Å². The molecule has 0 bridgehead atoms. The summed E-state index contributed by atoms with van der Waals surface area (Å²) in [6.45, 7) is -0.143. The molecule has 0 fully saturated rings. The summed E-state index contributed by atoms with van der Waals surface area (Å²) in [5.74, 6) is -0.990. The predicted octanol–water partition coefficient (Wildman–Crippen LogP) is 2.61. The molecular formula is C18H15FN4O2. The fraction of sp³-hybridized carbons (Fsp3) is 0.0556. The predicted molar refractivity (Wildman–Crippen MR) is 92.2 cm³/mol. The highest BCUT2D eigenvalue weighted by atomic mass is 19.1. The first kappa shape index (κ1) is 16.5. The summed E-state index contributed by atoms with van der Waals surface area (Å²) in [5.41, 5.74) is 8.97. The van der Waals surface area contributed by atoms with Gasteiger partial charge in [0.25, 0.3) is 5.91 Å². The average Bonchev–Trinajstić information content (AvgIpc) is 2.64. The third kappa shape index (κ3) is 3.78. The lowest BCUT2D eigenvalue weighted by Gasteiger charge is -2.10. The van der Waals surface area contributed by atoms with Crippen molar-refractivity contribution in [1.29, 1.82) is 0 Å². The molecule has 0 aliphatic heterocycles. The van der Waals surface area contributed by atoms with Crippen molar-refractivity contribution in [1.82, 2.24) is 9.97 Å². The van der Waals surface area contributed by atoms with E-state index in [2.05, 4.69) is 15.3 Å². The molecule has 126 valence electrons. The molecule has 0 atom stereocenters. The first-order valence-corrected chi connectivity index (χ1v) is 7.45. The van der Waals surface area contributed by atoms with E-state index in [0.29, 0.717) is 22.5 Å². The number of benzene rings is 1. The molecule has 0 aliphatic rings. The second kappa shape index (κ2) is 7.06. The van der Waals surface area contributed by atoms with Gasteiger partial charge in [0, 0.05) is 18.0 Å². The van der Waals surface area contributed by atoms with Crippen molar-refractivity contribution in [3.05, 3.63) is 72.1 Å². The highest BCUT2D eigenvalue weighted by Crippen LogP contribution is 2.27. The average molecular weight is 338 g/mol. The fourth-order valence-electron chi connectivity index (χ4n) is 2.23. The largest absolute Gasteiger partial charge is 0.397 e. The van der Waals surface area contributed by atoms with Gasteiger partial charge in [-0.1, -0.05) is 12.1 Å². The van der Waals surface area contributed by atoms with Crippen LogP contribution in [0.2, 0.25) is 0 Å². The molecule has 3 aromatic rings. The van der Waals surface area contributed by atoms with Crippen LogP contribution < -0.4 is 11.1 Å². The number of nitrogens with two attached hydrogens (primary N) is 1. The Kier molecular flexibility index (Phi) is 4.67. The SMILES string of the molecule is Nc1ccc(-c2ccc(F)nc2)cc1NC(=O)c1ccc(CO)cn1. The van der Waals surface area contributed by atoms with Crippen LogP contribution in [0.1, 0.15) is 16.1 Å². The Balaban J connectivity index is 1.84. The highest BCUT2D eigenvalue weighted by Gasteiger charge is 2.11. The molecule has 3 rings (SSSR count). The number of rotatable bonds is 4. The Morgan fingerprint density at radius 3 is 2.52 bits per heavy atom. The van der Waals surface area contributed by atoms with Crippen molar-refractivity contribution < 1.29 is 14.3 Å². The normalized spacial score (nSPS) is 10.5. The van der Waals surface area contributed by atoms with Gasteiger partial charge in [-0.2, -0.15) is 4.39 Å². The Morgan fingerprint density at radius 2 is 1.88 bits per heavy atom. The van der Waals surface area contributed by atoms with E-state index < -0.39 is 11.9 Å². The molecular weight excluding hydrogens is 323 g/mol. The summed E-state index contributed by atoms with van der Waals surface area (Å²) in [5, 5.41) is 11.7. The molecule has 6 nitrogen and oxygen atoms in total. The molecule has 25 heavy (non-hydrogen) atoms. The molecule has 0 unspecified atom stereocenters. The fourth-order valence-corrected chi connectivity index (χ4v) is 2.23. The zero-order valence-electron chi connectivity index (χ0n) is 13.1. The number of aliphatic hydroxyl groups is 1. The maximum atomic E-state index is 12.9. The summed E-state index contributed by atoms with van der Waals surface area (Å²) in [7, 11) is 0. The second-order valence-corrected chi connectivity index (χ2v) is 5.34. The number of nitrogens with zero attached hydrogens (tertiary/aromatic N) is 2. The van der Waals surface area contributed by atoms with Crippen LogP contribution in [-0.4, -0.2) is 21.0 Å². The highest BCUT2D eigenvalue weighted by molar-refractivity contribution is 6.04. The topological polar surface area (TPSA) is 101 Å². The molecule has 4 N–H and O–H groups in total. The van der Waals surface area contributed by atoms with Gasteiger partial charge in [-0.15, -0.1) is 0 Å². The van der Waals surface area contributed by atoms with Gasteiger partial charge in [-0.05, 0) is 41.5 Å². The maximum Gasteiger partial charge on any atom is 0.274 e. The zero-order valence-corrected chi connectivity index (χ0v) is 13.1. The standard InChI is InChI=1S/C18H15FN4O2/c19-17-6-3-13(9-22-17)12-2-4-14(20)16(7-12)23-18(25)15-5-1-11(10-24)8-21-15/h1-9,24H,10,20H2,(H,23,25). The Bertz CT molecular complexity index is 896. The molecule has 0 saturated heterocycles. The molecule has 7 heteroatoms. The molecule has 2 heterocycles. The number of carbonyl (C=O) groups is 1. The van der Waals surface area contributed by atoms with Crippen molar-refractivity contribution in [3.63, 3.8) is 0 Å². The number of hydrogen-bond acceptors (Lipinski definition) is 5. The molecule has 1 aromatic carbocycles. The minimum atomic E-state index is -0.565. The first-order valence-electron chi connectivity index (χ1n) is 7.45. The van der Waals surface area contributed by atoms with Crippen molar-refractivity contribution in [3.8, 4) is 11.1 Å². The lowest BCUT2D eigenvalue weighted by molar-refractivity contribution is 0.102. The third-order valence-electron chi connectivity index (χ3n) is 3.60. The maximum absolute atomic E-state index is 12.9. The lowest BCUT2D eigenvalue weighted by atomic mass is 10.1. The summed E-state index contributed by atoms with van der Waals surface area (Å²) < 4.78 is 12.9. The number of pyridine rings is 2. The molecule has 1 amide bonds. The lowest BCUT2D eigenvalue weighted by Crippen LogP contribution is -2.15. The molecule has 0 spiro atoms. The van der Waals surface area contributed by atoms with Gasteiger partial charge in [-0.25, -0.2) is 4.98 Å². The van der Waals surface area contributed by atoms with Crippen molar-refractivity contribution in [2.24, 2.45) is 0 Å². The van der Waals surface area contributed by atoms with E-state index in [1.54, 1.807) is 30.3 Å². The number of nitrogen functional groups attached to an aromatic ring is 1. The number of anilines is 2. The van der Waals surface area contributed by atoms with Crippen LogP contribution in [-0.2, 0) is 6.61 Å². The Morgan fingerprint density at radius 1 is 1.08 bits per heavy atom. The monoisotopic (exact) mass is 338 g/mol. The summed E-state index contributed by atoms with van der Waals surface area (Å²) in [6.07, 6.45) is 2.83. The van der Waals surface area contributed by atoms with Crippen LogP contribution in [0.15, 0.2) is 54.9 Å². The van der Waals surface area contributed by atoms with E-state index >= 15 is 0 Å². The van der Waals surface area contributed by atoms with Gasteiger partial charge in [0.05, 0.1) is 18.0 Å². The number of nitrogens with one attached hydrogen (secondary N) is 1. The number of aromatic nitrogens is 2. The van der Waals surface area contributed by atoms with E-state index in [1.807, 2.05) is 0 Å². The van der Waals surface area contributed by atoms with E-state index in [-0.39, 0.29) is 12.3 Å². The zero-order chi connectivity index (χ0) is 17.8. The van der Waals surface area contributed by atoms with Gasteiger partial charge in [0.2, 0.25) is 5.95 Å². The number of hydrogen-bond donors (Lipinski definition) is 3. The van der Waals surface area contributed by atoms with Crippen molar-refractivity contribution >= 4 is 17.3 Å². The van der Waals surface area contributed by atoms with Gasteiger partial charge >= 0.3 is 0 Å². The number of carbonyl (C=O) groups excluding carboxylic acids is 1. The first-order chi connectivity index (χ1) is 12.1. The number of amides is 1. The molecule has 0 radical (unpaired) electrons. The van der Waals surface area contributed by atoms with Crippen LogP contribution in [0, 0.1) is 5.95 Å². The van der Waals surface area contributed by atoms with Crippen LogP contribution in [0.25, 0.3) is 11.1 Å². The van der Waals surface area contributed by atoms with E-state index in [9.17, 15) is 9.18 Å². The second-order valence-electron chi connectivity index (χ2n) is 5.34. The quantitative estimate of drug-likeness (QED) is 0.501. The van der Waals surface area contributed by atoms with E-state index in [1.165, 1.54) is 24.5 Å². The number of aliphatic hydroxyl groups excluding tert-OH is 1. The molecule has 0 saturated carbocycles. The van der Waals surface area contributed by atoms with Crippen molar-refractivity contribution in [2.45, 2.75) is 6.61 Å². The van der Waals surface area contributed by atoms with Gasteiger partial charge in [0.15, 0.2) is 0 Å².